The molecule has 0 aliphatic heterocycles. The smallest absolute Gasteiger partial charge is 0.261 e. The predicted molar refractivity (Wildman–Crippen MR) is 78.3 cm³/mol. The molecule has 1 atom stereocenters. The molecule has 1 aromatic rings. The van der Waals surface area contributed by atoms with Gasteiger partial charge in [-0.25, -0.2) is 0 Å². The van der Waals surface area contributed by atoms with Gasteiger partial charge in [-0.3, -0.25) is 9.59 Å². The zero-order chi connectivity index (χ0) is 14.3. The lowest BCUT2D eigenvalue weighted by Crippen LogP contribution is -2.36. The Hall–Kier alpha value is -1.36. The highest BCUT2D eigenvalue weighted by atomic mass is 32.1. The van der Waals surface area contributed by atoms with Crippen LogP contribution in [0.2, 0.25) is 0 Å². The predicted octanol–water partition coefficient (Wildman–Crippen LogP) is 2.42. The van der Waals surface area contributed by atoms with E-state index in [0.717, 1.165) is 0 Å². The van der Waals surface area contributed by atoms with Crippen LogP contribution in [-0.2, 0) is 4.79 Å². The minimum Gasteiger partial charge on any atom is -0.353 e. The first-order valence-electron chi connectivity index (χ1n) is 6.61. The monoisotopic (exact) mass is 282 g/mol. The van der Waals surface area contributed by atoms with E-state index in [2.05, 4.69) is 24.5 Å². The van der Waals surface area contributed by atoms with Crippen LogP contribution in [-0.4, -0.2) is 24.4 Å². The van der Waals surface area contributed by atoms with E-state index in [1.165, 1.54) is 11.3 Å². The fourth-order valence-electron chi connectivity index (χ4n) is 1.44. The minimum atomic E-state index is -0.0639. The number of amides is 2. The van der Waals surface area contributed by atoms with Gasteiger partial charge in [0.2, 0.25) is 5.91 Å². The summed E-state index contributed by atoms with van der Waals surface area (Å²) in [5.74, 6) is 0.417. The molecule has 0 saturated carbocycles. The van der Waals surface area contributed by atoms with Gasteiger partial charge in [0.1, 0.15) is 0 Å². The van der Waals surface area contributed by atoms with Crippen molar-refractivity contribution in [1.29, 1.82) is 0 Å². The summed E-state index contributed by atoms with van der Waals surface area (Å²) in [5.41, 5.74) is 0. The van der Waals surface area contributed by atoms with Crippen LogP contribution in [0.1, 0.15) is 43.3 Å². The van der Waals surface area contributed by atoms with Crippen molar-refractivity contribution in [2.45, 2.75) is 39.7 Å². The fourth-order valence-corrected chi connectivity index (χ4v) is 2.08. The summed E-state index contributed by atoms with van der Waals surface area (Å²) in [6.07, 6.45) is 1.11. The van der Waals surface area contributed by atoms with E-state index in [1.807, 2.05) is 18.4 Å². The van der Waals surface area contributed by atoms with Crippen LogP contribution in [0.15, 0.2) is 17.5 Å². The Kier molecular flexibility index (Phi) is 6.56. The van der Waals surface area contributed by atoms with Crippen LogP contribution in [0, 0.1) is 5.92 Å². The van der Waals surface area contributed by atoms with E-state index in [4.69, 9.17) is 0 Å². The molecule has 1 unspecified atom stereocenters. The van der Waals surface area contributed by atoms with Gasteiger partial charge in [-0.1, -0.05) is 19.9 Å². The van der Waals surface area contributed by atoms with Crippen molar-refractivity contribution in [3.8, 4) is 0 Å². The SMILES string of the molecule is CC(C)C(C)NC(=O)CCCNC(=O)c1cccs1. The first kappa shape index (κ1) is 15.7. The first-order valence-corrected chi connectivity index (χ1v) is 7.49. The largest absolute Gasteiger partial charge is 0.353 e. The maximum absolute atomic E-state index is 11.6. The minimum absolute atomic E-state index is 0.0478. The molecule has 0 aliphatic rings. The average Bonchev–Trinajstić information content (AvgIpc) is 2.88. The highest BCUT2D eigenvalue weighted by Gasteiger charge is 2.10. The van der Waals surface area contributed by atoms with Crippen molar-refractivity contribution in [2.75, 3.05) is 6.54 Å². The highest BCUT2D eigenvalue weighted by molar-refractivity contribution is 7.12. The lowest BCUT2D eigenvalue weighted by molar-refractivity contribution is -0.122. The summed E-state index contributed by atoms with van der Waals surface area (Å²) in [6, 6.07) is 3.82. The number of thiophene rings is 1. The van der Waals surface area contributed by atoms with Gasteiger partial charge in [0.15, 0.2) is 0 Å². The molecule has 0 bridgehead atoms. The van der Waals surface area contributed by atoms with Crippen LogP contribution >= 0.6 is 11.3 Å². The van der Waals surface area contributed by atoms with Crippen molar-refractivity contribution in [1.82, 2.24) is 10.6 Å². The molecule has 2 N–H and O–H groups in total. The summed E-state index contributed by atoms with van der Waals surface area (Å²) >= 11 is 1.42. The van der Waals surface area contributed by atoms with E-state index in [9.17, 15) is 9.59 Å². The Morgan fingerprint density at radius 3 is 2.63 bits per heavy atom. The molecule has 0 saturated heterocycles. The third-order valence-corrected chi connectivity index (χ3v) is 3.87. The lowest BCUT2D eigenvalue weighted by Gasteiger charge is -2.17. The lowest BCUT2D eigenvalue weighted by atomic mass is 10.1. The van der Waals surface area contributed by atoms with Crippen LogP contribution in [0.4, 0.5) is 0 Å². The fraction of sp³-hybridized carbons (Fsp3) is 0.571. The molecule has 0 aliphatic carbocycles. The Labute approximate surface area is 118 Å². The molecule has 0 fully saturated rings. The molecule has 4 nitrogen and oxygen atoms in total. The second-order valence-electron chi connectivity index (χ2n) is 4.94. The van der Waals surface area contributed by atoms with Gasteiger partial charge in [-0.2, -0.15) is 0 Å². The Morgan fingerprint density at radius 2 is 2.05 bits per heavy atom. The number of carbonyl (C=O) groups excluding carboxylic acids is 2. The van der Waals surface area contributed by atoms with Crippen molar-refractivity contribution in [3.63, 3.8) is 0 Å². The number of hydrogen-bond acceptors (Lipinski definition) is 3. The molecular weight excluding hydrogens is 260 g/mol. The molecule has 19 heavy (non-hydrogen) atoms. The number of rotatable bonds is 7. The normalized spacial score (nSPS) is 12.2. The molecule has 2 amide bonds. The van der Waals surface area contributed by atoms with Crippen LogP contribution in [0.3, 0.4) is 0 Å². The van der Waals surface area contributed by atoms with Crippen molar-refractivity contribution < 1.29 is 9.59 Å². The Morgan fingerprint density at radius 1 is 1.32 bits per heavy atom. The van der Waals surface area contributed by atoms with E-state index >= 15 is 0 Å². The molecule has 0 spiro atoms. The van der Waals surface area contributed by atoms with E-state index in [-0.39, 0.29) is 17.9 Å². The molecule has 1 aromatic heterocycles. The molecular formula is C14H22N2O2S. The second kappa shape index (κ2) is 7.94. The number of nitrogens with one attached hydrogen (secondary N) is 2. The Bertz CT molecular complexity index is 402. The van der Waals surface area contributed by atoms with E-state index in [1.54, 1.807) is 6.07 Å². The summed E-state index contributed by atoms with van der Waals surface area (Å²) in [5, 5.41) is 7.62. The van der Waals surface area contributed by atoms with Crippen molar-refractivity contribution in [3.05, 3.63) is 22.4 Å². The molecule has 0 radical (unpaired) electrons. The van der Waals surface area contributed by atoms with Gasteiger partial charge >= 0.3 is 0 Å². The maximum Gasteiger partial charge on any atom is 0.261 e. The third kappa shape index (κ3) is 5.87. The van der Waals surface area contributed by atoms with E-state index in [0.29, 0.717) is 30.2 Å². The van der Waals surface area contributed by atoms with E-state index < -0.39 is 0 Å². The summed E-state index contributed by atoms with van der Waals surface area (Å²) in [7, 11) is 0. The summed E-state index contributed by atoms with van der Waals surface area (Å²) < 4.78 is 0. The Balaban J connectivity index is 2.14. The number of hydrogen-bond donors (Lipinski definition) is 2. The zero-order valence-corrected chi connectivity index (χ0v) is 12.5. The average molecular weight is 282 g/mol. The van der Waals surface area contributed by atoms with Gasteiger partial charge < -0.3 is 10.6 Å². The zero-order valence-electron chi connectivity index (χ0n) is 11.7. The topological polar surface area (TPSA) is 58.2 Å². The van der Waals surface area contributed by atoms with Crippen molar-refractivity contribution in [2.24, 2.45) is 5.92 Å². The molecule has 5 heteroatoms. The van der Waals surface area contributed by atoms with Crippen LogP contribution in [0.5, 0.6) is 0 Å². The quantitative estimate of drug-likeness (QED) is 0.755. The van der Waals surface area contributed by atoms with Gasteiger partial charge in [0, 0.05) is 19.0 Å². The molecule has 106 valence electrons. The third-order valence-electron chi connectivity index (χ3n) is 3.00. The van der Waals surface area contributed by atoms with Gasteiger partial charge in [-0.05, 0) is 30.7 Å². The van der Waals surface area contributed by atoms with Gasteiger partial charge in [0.05, 0.1) is 4.88 Å². The standard InChI is InChI=1S/C14H22N2O2S/c1-10(2)11(3)16-13(17)7-4-8-15-14(18)12-6-5-9-19-12/h5-6,9-11H,4,7-8H2,1-3H3,(H,15,18)(H,16,17). The second-order valence-corrected chi connectivity index (χ2v) is 5.88. The molecule has 1 rings (SSSR count). The first-order chi connectivity index (χ1) is 9.00. The molecule has 1 heterocycles. The summed E-state index contributed by atoms with van der Waals surface area (Å²) in [4.78, 5) is 23.9. The van der Waals surface area contributed by atoms with Gasteiger partial charge in [0.25, 0.3) is 5.91 Å². The number of carbonyl (C=O) groups is 2. The van der Waals surface area contributed by atoms with Crippen molar-refractivity contribution >= 4 is 23.2 Å². The summed E-state index contributed by atoms with van der Waals surface area (Å²) in [6.45, 7) is 6.68. The highest BCUT2D eigenvalue weighted by Crippen LogP contribution is 2.07. The van der Waals surface area contributed by atoms with Gasteiger partial charge in [-0.15, -0.1) is 11.3 Å². The molecule has 0 aromatic carbocycles. The van der Waals surface area contributed by atoms with Crippen LogP contribution in [0.25, 0.3) is 0 Å². The van der Waals surface area contributed by atoms with Crippen LogP contribution < -0.4 is 10.6 Å². The maximum atomic E-state index is 11.6.